The van der Waals surface area contributed by atoms with Gasteiger partial charge in [0.25, 0.3) is 0 Å². The lowest BCUT2D eigenvalue weighted by atomic mass is 10.1. The summed E-state index contributed by atoms with van der Waals surface area (Å²) in [5.41, 5.74) is 0.174. The van der Waals surface area contributed by atoms with Crippen LogP contribution in [0.25, 0.3) is 0 Å². The summed E-state index contributed by atoms with van der Waals surface area (Å²) in [6.45, 7) is 5.92. The summed E-state index contributed by atoms with van der Waals surface area (Å²) in [7, 11) is 0. The van der Waals surface area contributed by atoms with Crippen LogP contribution in [0, 0.1) is 0 Å². The minimum absolute atomic E-state index is 0.0839. The Morgan fingerprint density at radius 3 is 2.38 bits per heavy atom. The molecular formula is C12H16O4. The van der Waals surface area contributed by atoms with E-state index in [1.165, 1.54) is 13.0 Å². The molecule has 0 fully saturated rings. The molecule has 88 valence electrons. The van der Waals surface area contributed by atoms with Gasteiger partial charge in [-0.3, -0.25) is 4.79 Å². The first-order valence-corrected chi connectivity index (χ1v) is 5.24. The number of ether oxygens (including phenoxy) is 2. The lowest BCUT2D eigenvalue weighted by molar-refractivity contribution is 0.101. The maximum absolute atomic E-state index is 11.4. The Bertz CT molecular complexity index is 385. The molecule has 1 N–H and O–H groups in total. The monoisotopic (exact) mass is 224 g/mol. The van der Waals surface area contributed by atoms with E-state index in [0.717, 1.165) is 0 Å². The van der Waals surface area contributed by atoms with Crippen molar-refractivity contribution in [2.75, 3.05) is 13.2 Å². The molecule has 0 amide bonds. The van der Waals surface area contributed by atoms with Crippen LogP contribution < -0.4 is 9.47 Å². The van der Waals surface area contributed by atoms with E-state index < -0.39 is 0 Å². The maximum Gasteiger partial charge on any atom is 0.175 e. The molecular weight excluding hydrogens is 208 g/mol. The van der Waals surface area contributed by atoms with Crippen LogP contribution in [0.3, 0.4) is 0 Å². The molecule has 4 heteroatoms. The first-order chi connectivity index (χ1) is 7.61. The number of Topliss-reactive ketones (excluding diaryl/α,β-unsaturated/α-hetero) is 1. The number of carbonyl (C=O) groups is 1. The normalized spacial score (nSPS) is 9.94. The zero-order valence-electron chi connectivity index (χ0n) is 9.74. The van der Waals surface area contributed by atoms with Crippen LogP contribution in [0.4, 0.5) is 0 Å². The zero-order valence-corrected chi connectivity index (χ0v) is 9.74. The Kier molecular flexibility index (Phi) is 4.17. The number of hydrogen-bond donors (Lipinski definition) is 1. The van der Waals surface area contributed by atoms with E-state index in [1.54, 1.807) is 6.07 Å². The highest BCUT2D eigenvalue weighted by molar-refractivity contribution is 6.00. The van der Waals surface area contributed by atoms with Gasteiger partial charge in [-0.15, -0.1) is 0 Å². The quantitative estimate of drug-likeness (QED) is 0.780. The summed E-state index contributed by atoms with van der Waals surface area (Å²) in [5, 5.41) is 9.62. The molecule has 0 unspecified atom stereocenters. The third-order valence-electron chi connectivity index (χ3n) is 2.04. The molecule has 0 radical (unpaired) electrons. The van der Waals surface area contributed by atoms with E-state index in [1.807, 2.05) is 13.8 Å². The van der Waals surface area contributed by atoms with Crippen LogP contribution in [0.5, 0.6) is 17.2 Å². The summed E-state index contributed by atoms with van der Waals surface area (Å²) in [6.07, 6.45) is 0. The Morgan fingerprint density at radius 2 is 1.88 bits per heavy atom. The highest BCUT2D eigenvalue weighted by Gasteiger charge is 2.18. The van der Waals surface area contributed by atoms with Crippen molar-refractivity contribution in [3.8, 4) is 17.2 Å². The number of rotatable bonds is 5. The van der Waals surface area contributed by atoms with E-state index >= 15 is 0 Å². The van der Waals surface area contributed by atoms with Gasteiger partial charge in [-0.05, 0) is 32.9 Å². The molecule has 0 heterocycles. The molecule has 0 aliphatic rings. The number of benzene rings is 1. The van der Waals surface area contributed by atoms with E-state index in [9.17, 15) is 9.90 Å². The van der Waals surface area contributed by atoms with Crippen LogP contribution >= 0.6 is 0 Å². The summed E-state index contributed by atoms with van der Waals surface area (Å²) in [5.74, 6) is 0.464. The van der Waals surface area contributed by atoms with Crippen molar-refractivity contribution in [3.63, 3.8) is 0 Å². The molecule has 16 heavy (non-hydrogen) atoms. The molecule has 0 saturated heterocycles. The highest BCUT2D eigenvalue weighted by Crippen LogP contribution is 2.37. The second-order valence-corrected chi connectivity index (χ2v) is 3.21. The van der Waals surface area contributed by atoms with Crippen molar-refractivity contribution < 1.29 is 19.4 Å². The topological polar surface area (TPSA) is 55.8 Å². The fourth-order valence-corrected chi connectivity index (χ4v) is 1.45. The molecule has 0 spiro atoms. The lowest BCUT2D eigenvalue weighted by Gasteiger charge is -2.14. The van der Waals surface area contributed by atoms with Crippen LogP contribution in [-0.2, 0) is 0 Å². The van der Waals surface area contributed by atoms with Gasteiger partial charge in [-0.25, -0.2) is 0 Å². The van der Waals surface area contributed by atoms with Gasteiger partial charge in [0.2, 0.25) is 0 Å². The minimum atomic E-state index is -0.248. The Balaban J connectivity index is 3.31. The molecule has 1 rings (SSSR count). The number of phenolic OH excluding ortho intramolecular Hbond substituents is 1. The van der Waals surface area contributed by atoms with Crippen LogP contribution in [0.15, 0.2) is 12.1 Å². The van der Waals surface area contributed by atoms with Gasteiger partial charge in [0.15, 0.2) is 17.3 Å². The summed E-state index contributed by atoms with van der Waals surface area (Å²) >= 11 is 0. The Hall–Kier alpha value is -1.71. The van der Waals surface area contributed by atoms with Crippen LogP contribution in [-0.4, -0.2) is 24.1 Å². The molecule has 0 atom stereocenters. The van der Waals surface area contributed by atoms with Crippen molar-refractivity contribution in [1.82, 2.24) is 0 Å². The third-order valence-corrected chi connectivity index (χ3v) is 2.04. The smallest absolute Gasteiger partial charge is 0.175 e. The summed E-state index contributed by atoms with van der Waals surface area (Å²) in [4.78, 5) is 11.4. The molecule has 0 saturated carbocycles. The molecule has 0 aliphatic heterocycles. The average Bonchev–Trinajstić information content (AvgIpc) is 2.22. The van der Waals surface area contributed by atoms with Gasteiger partial charge in [-0.2, -0.15) is 0 Å². The lowest BCUT2D eigenvalue weighted by Crippen LogP contribution is -2.04. The predicted octanol–water partition coefficient (Wildman–Crippen LogP) is 2.39. The number of ketones is 1. The van der Waals surface area contributed by atoms with Crippen molar-refractivity contribution in [3.05, 3.63) is 17.7 Å². The molecule has 1 aromatic rings. The average molecular weight is 224 g/mol. The standard InChI is InChI=1S/C12H16O4/c1-4-15-10-7-6-9(14)11(8(3)13)12(10)16-5-2/h6-7,14H,4-5H2,1-3H3. The Morgan fingerprint density at radius 1 is 1.25 bits per heavy atom. The fourth-order valence-electron chi connectivity index (χ4n) is 1.45. The zero-order chi connectivity index (χ0) is 12.1. The largest absolute Gasteiger partial charge is 0.507 e. The van der Waals surface area contributed by atoms with E-state index in [4.69, 9.17) is 9.47 Å². The third kappa shape index (κ3) is 2.45. The number of aromatic hydroxyl groups is 1. The van der Waals surface area contributed by atoms with Crippen molar-refractivity contribution in [1.29, 1.82) is 0 Å². The van der Waals surface area contributed by atoms with Crippen LogP contribution in [0.2, 0.25) is 0 Å². The number of hydrogen-bond acceptors (Lipinski definition) is 4. The molecule has 4 nitrogen and oxygen atoms in total. The highest BCUT2D eigenvalue weighted by atomic mass is 16.5. The van der Waals surface area contributed by atoms with Gasteiger partial charge in [-0.1, -0.05) is 0 Å². The van der Waals surface area contributed by atoms with Gasteiger partial charge in [0.1, 0.15) is 11.3 Å². The van der Waals surface area contributed by atoms with E-state index in [0.29, 0.717) is 24.7 Å². The number of phenols is 1. The Labute approximate surface area is 94.8 Å². The minimum Gasteiger partial charge on any atom is -0.507 e. The first kappa shape index (κ1) is 12.4. The van der Waals surface area contributed by atoms with Gasteiger partial charge in [0, 0.05) is 0 Å². The second-order valence-electron chi connectivity index (χ2n) is 3.21. The van der Waals surface area contributed by atoms with Gasteiger partial charge >= 0.3 is 0 Å². The maximum atomic E-state index is 11.4. The van der Waals surface area contributed by atoms with Gasteiger partial charge < -0.3 is 14.6 Å². The van der Waals surface area contributed by atoms with Gasteiger partial charge in [0.05, 0.1) is 13.2 Å². The summed E-state index contributed by atoms with van der Waals surface area (Å²) in [6, 6.07) is 3.03. The van der Waals surface area contributed by atoms with Crippen molar-refractivity contribution >= 4 is 5.78 Å². The fraction of sp³-hybridized carbons (Fsp3) is 0.417. The molecule has 0 aromatic heterocycles. The number of carbonyl (C=O) groups excluding carboxylic acids is 1. The molecule has 0 bridgehead atoms. The summed E-state index contributed by atoms with van der Waals surface area (Å²) < 4.78 is 10.7. The van der Waals surface area contributed by atoms with E-state index in [-0.39, 0.29) is 17.1 Å². The van der Waals surface area contributed by atoms with Crippen molar-refractivity contribution in [2.24, 2.45) is 0 Å². The first-order valence-electron chi connectivity index (χ1n) is 5.24. The van der Waals surface area contributed by atoms with Crippen molar-refractivity contribution in [2.45, 2.75) is 20.8 Å². The molecule has 1 aromatic carbocycles. The van der Waals surface area contributed by atoms with Crippen LogP contribution in [0.1, 0.15) is 31.1 Å². The molecule has 0 aliphatic carbocycles. The van der Waals surface area contributed by atoms with E-state index in [2.05, 4.69) is 0 Å². The second kappa shape index (κ2) is 5.39. The SMILES string of the molecule is CCOc1ccc(O)c(C(C)=O)c1OCC. The predicted molar refractivity (Wildman–Crippen MR) is 60.4 cm³/mol.